The Bertz CT molecular complexity index is 734. The quantitative estimate of drug-likeness (QED) is 0.551. The van der Waals surface area contributed by atoms with Gasteiger partial charge in [0.05, 0.1) is 24.8 Å². The smallest absolute Gasteiger partial charge is 0.308 e. The summed E-state index contributed by atoms with van der Waals surface area (Å²) in [6.07, 6.45) is 9.20. The molecule has 5 unspecified atom stereocenters. The van der Waals surface area contributed by atoms with Crippen molar-refractivity contribution in [2.45, 2.75) is 92.2 Å². The SMILES string of the molecule is C/C=C\c1csc(CN)n1.CC1CCCOC(=O)CC(O)C(C)C(=O)C(C)CC(C)CCC1. The van der Waals surface area contributed by atoms with Gasteiger partial charge in [0.2, 0.25) is 0 Å². The molecule has 33 heavy (non-hydrogen) atoms. The van der Waals surface area contributed by atoms with Gasteiger partial charge in [-0.05, 0) is 44.1 Å². The van der Waals surface area contributed by atoms with Crippen molar-refractivity contribution in [3.8, 4) is 0 Å². The number of nitrogens with two attached hydrogens (primary N) is 1. The first-order chi connectivity index (χ1) is 15.7. The first-order valence-electron chi connectivity index (χ1n) is 12.3. The standard InChI is InChI=1S/C19H34O4.C7H10N2S/c1-13-7-5-8-14(2)11-15(3)19(22)16(4)17(20)12-18(21)23-10-6-9-13;1-2-3-6-5-10-7(4-8)9-6/h13-17,20H,5-12H2,1-4H3;2-3,5H,4,8H2,1H3/b;3-2-. The van der Waals surface area contributed by atoms with E-state index in [2.05, 4.69) is 18.8 Å². The Morgan fingerprint density at radius 1 is 1.15 bits per heavy atom. The summed E-state index contributed by atoms with van der Waals surface area (Å²) in [5, 5.41) is 13.1. The molecule has 0 radical (unpaired) electrons. The number of hydrogen-bond donors (Lipinski definition) is 2. The number of rotatable bonds is 2. The number of Topliss-reactive ketones (excluding diaryl/α,β-unsaturated/α-hetero) is 1. The van der Waals surface area contributed by atoms with Crippen LogP contribution in [0.2, 0.25) is 0 Å². The number of allylic oxidation sites excluding steroid dienone is 1. The van der Waals surface area contributed by atoms with Crippen molar-refractivity contribution in [2.24, 2.45) is 29.4 Å². The van der Waals surface area contributed by atoms with Crippen LogP contribution < -0.4 is 5.73 Å². The minimum Gasteiger partial charge on any atom is -0.466 e. The number of hydrogen-bond acceptors (Lipinski definition) is 7. The van der Waals surface area contributed by atoms with Crippen LogP contribution in [-0.4, -0.2) is 34.6 Å². The zero-order valence-corrected chi connectivity index (χ0v) is 21.9. The predicted molar refractivity (Wildman–Crippen MR) is 136 cm³/mol. The van der Waals surface area contributed by atoms with Crippen molar-refractivity contribution >= 4 is 29.2 Å². The van der Waals surface area contributed by atoms with E-state index in [1.165, 1.54) is 12.8 Å². The van der Waals surface area contributed by atoms with Crippen LogP contribution in [0.5, 0.6) is 0 Å². The van der Waals surface area contributed by atoms with E-state index in [1.54, 1.807) is 18.3 Å². The summed E-state index contributed by atoms with van der Waals surface area (Å²) in [6, 6.07) is 0. The molecule has 1 aromatic heterocycles. The Morgan fingerprint density at radius 2 is 1.82 bits per heavy atom. The molecule has 7 heteroatoms. The number of ether oxygens (including phenoxy) is 1. The van der Waals surface area contributed by atoms with E-state index in [9.17, 15) is 14.7 Å². The molecule has 2 rings (SSSR count). The summed E-state index contributed by atoms with van der Waals surface area (Å²) in [5.74, 6) is 0.214. The van der Waals surface area contributed by atoms with Crippen LogP contribution in [0.3, 0.4) is 0 Å². The number of esters is 1. The number of aliphatic hydroxyl groups is 1. The molecule has 1 saturated heterocycles. The zero-order chi connectivity index (χ0) is 24.8. The van der Waals surface area contributed by atoms with Crippen LogP contribution in [0.25, 0.3) is 6.08 Å². The van der Waals surface area contributed by atoms with Gasteiger partial charge in [-0.15, -0.1) is 11.3 Å². The fourth-order valence-corrected chi connectivity index (χ4v) is 4.77. The summed E-state index contributed by atoms with van der Waals surface area (Å²) in [4.78, 5) is 28.4. The van der Waals surface area contributed by atoms with Gasteiger partial charge in [-0.25, -0.2) is 4.98 Å². The molecule has 0 saturated carbocycles. The fourth-order valence-electron chi connectivity index (χ4n) is 4.13. The van der Waals surface area contributed by atoms with Gasteiger partial charge in [0.15, 0.2) is 0 Å². The minimum atomic E-state index is -0.945. The van der Waals surface area contributed by atoms with Crippen molar-refractivity contribution in [2.75, 3.05) is 6.61 Å². The molecule has 188 valence electrons. The highest BCUT2D eigenvalue weighted by Gasteiger charge is 2.29. The lowest BCUT2D eigenvalue weighted by Gasteiger charge is -2.23. The molecule has 0 bridgehead atoms. The Morgan fingerprint density at radius 3 is 2.45 bits per heavy atom. The van der Waals surface area contributed by atoms with E-state index in [0.717, 1.165) is 36.4 Å². The number of nitrogens with zero attached hydrogens (tertiary/aromatic N) is 1. The normalized spacial score (nSPS) is 28.8. The second-order valence-electron chi connectivity index (χ2n) is 9.47. The van der Waals surface area contributed by atoms with Gasteiger partial charge in [-0.1, -0.05) is 53.0 Å². The topological polar surface area (TPSA) is 103 Å². The minimum absolute atomic E-state index is 0.0533. The number of ketones is 1. The summed E-state index contributed by atoms with van der Waals surface area (Å²) in [7, 11) is 0. The first kappa shape index (κ1) is 29.5. The third kappa shape index (κ3) is 11.9. The van der Waals surface area contributed by atoms with Gasteiger partial charge < -0.3 is 15.6 Å². The Kier molecular flexibility index (Phi) is 14.4. The highest BCUT2D eigenvalue weighted by atomic mass is 32.1. The summed E-state index contributed by atoms with van der Waals surface area (Å²) in [5.41, 5.74) is 6.39. The Labute approximate surface area is 204 Å². The lowest BCUT2D eigenvalue weighted by molar-refractivity contribution is -0.147. The number of aliphatic hydroxyl groups excluding tert-OH is 1. The molecule has 0 aromatic carbocycles. The number of aromatic nitrogens is 1. The lowest BCUT2D eigenvalue weighted by Crippen LogP contribution is -2.32. The third-order valence-corrected chi connectivity index (χ3v) is 7.11. The monoisotopic (exact) mass is 480 g/mol. The molecule has 0 spiro atoms. The molecular formula is C26H44N2O4S. The van der Waals surface area contributed by atoms with Gasteiger partial charge in [0.1, 0.15) is 10.8 Å². The van der Waals surface area contributed by atoms with Crippen molar-refractivity contribution in [3.63, 3.8) is 0 Å². The molecule has 6 nitrogen and oxygen atoms in total. The highest BCUT2D eigenvalue weighted by Crippen LogP contribution is 2.25. The molecule has 5 atom stereocenters. The number of carbonyl (C=O) groups excluding carboxylic acids is 2. The number of thiazole rings is 1. The largest absolute Gasteiger partial charge is 0.466 e. The van der Waals surface area contributed by atoms with E-state index in [-0.39, 0.29) is 18.1 Å². The summed E-state index contributed by atoms with van der Waals surface area (Å²) < 4.78 is 5.18. The molecule has 1 aliphatic rings. The van der Waals surface area contributed by atoms with Gasteiger partial charge >= 0.3 is 5.97 Å². The molecule has 2 heterocycles. The maximum absolute atomic E-state index is 12.4. The highest BCUT2D eigenvalue weighted by molar-refractivity contribution is 7.09. The van der Waals surface area contributed by atoms with Gasteiger partial charge in [0.25, 0.3) is 0 Å². The molecule has 3 N–H and O–H groups in total. The average molecular weight is 481 g/mol. The van der Waals surface area contributed by atoms with Gasteiger partial charge in [-0.3, -0.25) is 9.59 Å². The van der Waals surface area contributed by atoms with Crippen LogP contribution in [0.15, 0.2) is 11.5 Å². The maximum Gasteiger partial charge on any atom is 0.308 e. The predicted octanol–water partition coefficient (Wildman–Crippen LogP) is 5.38. The van der Waals surface area contributed by atoms with Gasteiger partial charge in [0, 0.05) is 23.8 Å². The summed E-state index contributed by atoms with van der Waals surface area (Å²) in [6.45, 7) is 11.0. The maximum atomic E-state index is 12.4. The van der Waals surface area contributed by atoms with Crippen LogP contribution in [0.4, 0.5) is 0 Å². The Hall–Kier alpha value is -1.57. The van der Waals surface area contributed by atoms with E-state index in [4.69, 9.17) is 10.5 Å². The second kappa shape index (κ2) is 16.1. The molecule has 0 aliphatic carbocycles. The molecule has 1 fully saturated rings. The van der Waals surface area contributed by atoms with E-state index < -0.39 is 18.0 Å². The van der Waals surface area contributed by atoms with Crippen molar-refractivity contribution in [1.82, 2.24) is 4.98 Å². The molecule has 1 aliphatic heterocycles. The van der Waals surface area contributed by atoms with Crippen LogP contribution >= 0.6 is 11.3 Å². The first-order valence-corrected chi connectivity index (χ1v) is 13.2. The lowest BCUT2D eigenvalue weighted by atomic mass is 9.83. The second-order valence-corrected chi connectivity index (χ2v) is 10.4. The number of cyclic esters (lactones) is 1. The van der Waals surface area contributed by atoms with Crippen LogP contribution in [-0.2, 0) is 20.9 Å². The summed E-state index contributed by atoms with van der Waals surface area (Å²) >= 11 is 1.60. The molecular weight excluding hydrogens is 436 g/mol. The van der Waals surface area contributed by atoms with E-state index >= 15 is 0 Å². The fraction of sp³-hybridized carbons (Fsp3) is 0.731. The average Bonchev–Trinajstić information content (AvgIpc) is 3.23. The zero-order valence-electron chi connectivity index (χ0n) is 21.1. The van der Waals surface area contributed by atoms with Crippen LogP contribution in [0.1, 0.15) is 90.3 Å². The van der Waals surface area contributed by atoms with Crippen molar-refractivity contribution in [3.05, 3.63) is 22.2 Å². The van der Waals surface area contributed by atoms with E-state index in [1.807, 2.05) is 31.4 Å². The van der Waals surface area contributed by atoms with Crippen LogP contribution in [0, 0.1) is 23.7 Å². The molecule has 0 amide bonds. The van der Waals surface area contributed by atoms with Gasteiger partial charge in [-0.2, -0.15) is 0 Å². The van der Waals surface area contributed by atoms with Crippen molar-refractivity contribution < 1.29 is 19.4 Å². The third-order valence-electron chi connectivity index (χ3n) is 6.22. The Balaban J connectivity index is 0.000000451. The van der Waals surface area contributed by atoms with Crippen molar-refractivity contribution in [1.29, 1.82) is 0 Å². The van der Waals surface area contributed by atoms with E-state index in [0.29, 0.717) is 25.0 Å². The number of carbonyl (C=O) groups is 2. The molecule has 1 aromatic rings.